The number of anilines is 2. The molecule has 0 radical (unpaired) electrons. The number of carbonyl (C=O) groups excluding carboxylic acids is 1. The summed E-state index contributed by atoms with van der Waals surface area (Å²) in [6.45, 7) is 5.80. The van der Waals surface area contributed by atoms with Gasteiger partial charge in [0.1, 0.15) is 11.6 Å². The van der Waals surface area contributed by atoms with Crippen molar-refractivity contribution in [3.8, 4) is 0 Å². The predicted molar refractivity (Wildman–Crippen MR) is 114 cm³/mol. The summed E-state index contributed by atoms with van der Waals surface area (Å²) in [6, 6.07) is 0. The zero-order valence-corrected chi connectivity index (χ0v) is 18.1. The first-order valence-corrected chi connectivity index (χ1v) is 10.9. The number of hydrogen-bond donors (Lipinski definition) is 3. The van der Waals surface area contributed by atoms with Crippen LogP contribution in [0.5, 0.6) is 0 Å². The van der Waals surface area contributed by atoms with Crippen LogP contribution < -0.4 is 10.2 Å². The number of carbonyl (C=O) groups is 1. The first-order chi connectivity index (χ1) is 15.0. The van der Waals surface area contributed by atoms with Gasteiger partial charge in [0.05, 0.1) is 37.6 Å². The van der Waals surface area contributed by atoms with Crippen LogP contribution in [0.3, 0.4) is 0 Å². The molecule has 0 atom stereocenters. The highest BCUT2D eigenvalue weighted by Gasteiger charge is 2.43. The molecule has 31 heavy (non-hydrogen) atoms. The van der Waals surface area contributed by atoms with E-state index in [4.69, 9.17) is 14.7 Å². The SMILES string of the molecule is CCCc1nc(N2CCn3cc(C(=O)OCC)nc3C2)nc(NC2(CO)CC2)c1CO. The molecule has 1 saturated carbocycles. The third kappa shape index (κ3) is 4.35. The lowest BCUT2D eigenvalue weighted by Gasteiger charge is -2.29. The minimum Gasteiger partial charge on any atom is -0.461 e. The average Bonchev–Trinajstić information content (AvgIpc) is 3.41. The third-order valence-electron chi connectivity index (χ3n) is 5.84. The van der Waals surface area contributed by atoms with Crippen LogP contribution in [0, 0.1) is 0 Å². The maximum atomic E-state index is 12.0. The highest BCUT2D eigenvalue weighted by atomic mass is 16.5. The largest absolute Gasteiger partial charge is 0.461 e. The number of aliphatic hydroxyl groups excluding tert-OH is 2. The Morgan fingerprint density at radius 3 is 2.68 bits per heavy atom. The molecule has 2 aromatic rings. The first-order valence-electron chi connectivity index (χ1n) is 10.9. The minimum absolute atomic E-state index is 0.0259. The van der Waals surface area contributed by atoms with Gasteiger partial charge in [0.15, 0.2) is 5.69 Å². The molecule has 1 aliphatic heterocycles. The molecular weight excluding hydrogens is 400 g/mol. The van der Waals surface area contributed by atoms with Crippen molar-refractivity contribution in [3.05, 3.63) is 29.0 Å². The molecule has 0 aromatic carbocycles. The van der Waals surface area contributed by atoms with E-state index >= 15 is 0 Å². The number of aryl methyl sites for hydroxylation is 1. The number of aliphatic hydroxyl groups is 2. The predicted octanol–water partition coefficient (Wildman–Crippen LogP) is 1.25. The maximum absolute atomic E-state index is 12.0. The molecule has 3 N–H and O–H groups in total. The molecule has 1 fully saturated rings. The zero-order chi connectivity index (χ0) is 22.0. The Morgan fingerprint density at radius 2 is 2.03 bits per heavy atom. The van der Waals surface area contributed by atoms with Gasteiger partial charge in [-0.1, -0.05) is 13.3 Å². The van der Waals surface area contributed by atoms with E-state index in [-0.39, 0.29) is 18.8 Å². The summed E-state index contributed by atoms with van der Waals surface area (Å²) in [5, 5.41) is 23.1. The lowest BCUT2D eigenvalue weighted by Crippen LogP contribution is -2.35. The van der Waals surface area contributed by atoms with Crippen molar-refractivity contribution in [1.29, 1.82) is 0 Å². The fourth-order valence-corrected chi connectivity index (χ4v) is 3.82. The van der Waals surface area contributed by atoms with Gasteiger partial charge in [0.25, 0.3) is 0 Å². The van der Waals surface area contributed by atoms with Crippen LogP contribution >= 0.6 is 0 Å². The van der Waals surface area contributed by atoms with Gasteiger partial charge in [-0.3, -0.25) is 0 Å². The second-order valence-electron chi connectivity index (χ2n) is 8.15. The van der Waals surface area contributed by atoms with Gasteiger partial charge in [-0.25, -0.2) is 14.8 Å². The minimum atomic E-state index is -0.421. The Kier molecular flexibility index (Phi) is 6.10. The molecule has 0 amide bonds. The Morgan fingerprint density at radius 1 is 1.23 bits per heavy atom. The van der Waals surface area contributed by atoms with Crippen molar-refractivity contribution in [2.24, 2.45) is 0 Å². The van der Waals surface area contributed by atoms with E-state index < -0.39 is 5.97 Å². The lowest BCUT2D eigenvalue weighted by molar-refractivity contribution is 0.0520. The summed E-state index contributed by atoms with van der Waals surface area (Å²) in [5.74, 6) is 1.48. The summed E-state index contributed by atoms with van der Waals surface area (Å²) in [6.07, 6.45) is 5.08. The number of rotatable bonds is 9. The summed E-state index contributed by atoms with van der Waals surface area (Å²) in [5.41, 5.74) is 1.45. The molecule has 10 nitrogen and oxygen atoms in total. The number of imidazole rings is 1. The second kappa shape index (κ2) is 8.80. The fourth-order valence-electron chi connectivity index (χ4n) is 3.82. The van der Waals surface area contributed by atoms with Gasteiger partial charge in [-0.2, -0.15) is 4.98 Å². The average molecular weight is 431 g/mol. The van der Waals surface area contributed by atoms with Crippen molar-refractivity contribution in [2.45, 2.75) is 64.8 Å². The molecule has 168 valence electrons. The summed E-state index contributed by atoms with van der Waals surface area (Å²) in [4.78, 5) is 28.0. The van der Waals surface area contributed by atoms with Crippen molar-refractivity contribution in [2.75, 3.05) is 30.0 Å². The Hall–Kier alpha value is -2.72. The number of esters is 1. The maximum Gasteiger partial charge on any atom is 0.358 e. The standard InChI is InChI=1S/C21H30N6O4/c1-3-5-15-14(12-28)18(25-21(13-29)6-7-21)24-20(23-15)27-9-8-26-10-16(19(30)31-4-2)22-17(26)11-27/h10,28-29H,3-9,11-13H2,1-2H3,(H,23,24,25). The Bertz CT molecular complexity index is 956. The summed E-state index contributed by atoms with van der Waals surface area (Å²) in [7, 11) is 0. The third-order valence-corrected chi connectivity index (χ3v) is 5.84. The van der Waals surface area contributed by atoms with Crippen molar-refractivity contribution in [1.82, 2.24) is 19.5 Å². The van der Waals surface area contributed by atoms with Gasteiger partial charge in [-0.15, -0.1) is 0 Å². The number of hydrogen-bond acceptors (Lipinski definition) is 9. The first kappa shape index (κ1) is 21.5. The molecule has 10 heteroatoms. The monoisotopic (exact) mass is 430 g/mol. The number of aromatic nitrogens is 4. The van der Waals surface area contributed by atoms with Crippen LogP contribution in [0.15, 0.2) is 6.20 Å². The number of ether oxygens (including phenoxy) is 1. The van der Waals surface area contributed by atoms with Gasteiger partial charge < -0.3 is 29.7 Å². The van der Waals surface area contributed by atoms with E-state index in [0.29, 0.717) is 49.3 Å². The topological polar surface area (TPSA) is 126 Å². The molecule has 2 aromatic heterocycles. The van der Waals surface area contributed by atoms with Crippen LogP contribution in [0.25, 0.3) is 0 Å². The molecule has 0 unspecified atom stereocenters. The number of nitrogens with one attached hydrogen (secondary N) is 1. The van der Waals surface area contributed by atoms with E-state index in [9.17, 15) is 15.0 Å². The second-order valence-corrected chi connectivity index (χ2v) is 8.15. The molecule has 4 rings (SSSR count). The molecule has 1 aliphatic carbocycles. The highest BCUT2D eigenvalue weighted by Crippen LogP contribution is 2.39. The van der Waals surface area contributed by atoms with E-state index in [2.05, 4.69) is 17.2 Å². The van der Waals surface area contributed by atoms with Crippen LogP contribution in [0.1, 0.15) is 60.7 Å². The normalized spacial score (nSPS) is 16.7. The quantitative estimate of drug-likeness (QED) is 0.504. The number of nitrogens with zero attached hydrogens (tertiary/aromatic N) is 5. The molecule has 3 heterocycles. The van der Waals surface area contributed by atoms with E-state index in [1.54, 1.807) is 13.1 Å². The van der Waals surface area contributed by atoms with Crippen LogP contribution in [0.4, 0.5) is 11.8 Å². The van der Waals surface area contributed by atoms with Crippen LogP contribution in [-0.4, -0.2) is 61.0 Å². The summed E-state index contributed by atoms with van der Waals surface area (Å²) < 4.78 is 7.02. The van der Waals surface area contributed by atoms with Gasteiger partial charge in [0, 0.05) is 24.8 Å². The van der Waals surface area contributed by atoms with E-state index in [1.165, 1.54) is 0 Å². The number of fused-ring (bicyclic) bond motifs is 1. The van der Waals surface area contributed by atoms with E-state index in [1.807, 2.05) is 9.47 Å². The molecule has 0 saturated heterocycles. The Labute approximate surface area is 181 Å². The summed E-state index contributed by atoms with van der Waals surface area (Å²) >= 11 is 0. The Balaban J connectivity index is 1.63. The van der Waals surface area contributed by atoms with Gasteiger partial charge in [0.2, 0.25) is 5.95 Å². The lowest BCUT2D eigenvalue weighted by atomic mass is 10.1. The smallest absolute Gasteiger partial charge is 0.358 e. The molecule has 0 bridgehead atoms. The molecule has 0 spiro atoms. The van der Waals surface area contributed by atoms with Crippen LogP contribution in [-0.2, 0) is 30.9 Å². The van der Waals surface area contributed by atoms with Gasteiger partial charge in [-0.05, 0) is 26.2 Å². The molecule has 2 aliphatic rings. The van der Waals surface area contributed by atoms with Crippen molar-refractivity contribution < 1.29 is 19.7 Å². The molecular formula is C21H30N6O4. The highest BCUT2D eigenvalue weighted by molar-refractivity contribution is 5.87. The zero-order valence-electron chi connectivity index (χ0n) is 18.1. The van der Waals surface area contributed by atoms with Crippen molar-refractivity contribution in [3.63, 3.8) is 0 Å². The fraction of sp³-hybridized carbons (Fsp3) is 0.619. The van der Waals surface area contributed by atoms with Crippen LogP contribution in [0.2, 0.25) is 0 Å². The van der Waals surface area contributed by atoms with E-state index in [0.717, 1.165) is 37.2 Å². The van der Waals surface area contributed by atoms with Gasteiger partial charge >= 0.3 is 5.97 Å². The van der Waals surface area contributed by atoms with Crippen molar-refractivity contribution >= 4 is 17.7 Å².